The van der Waals surface area contributed by atoms with Crippen LogP contribution < -0.4 is 4.90 Å². The molecular weight excluding hydrogens is 360 g/mol. The van der Waals surface area contributed by atoms with Crippen LogP contribution in [0.15, 0.2) is 30.3 Å². The first-order valence-corrected chi connectivity index (χ1v) is 8.78. The molecule has 0 fully saturated rings. The monoisotopic (exact) mass is 376 g/mol. The average molecular weight is 377 g/mol. The van der Waals surface area contributed by atoms with Crippen molar-refractivity contribution >= 4 is 40.5 Å². The molecule has 0 atom stereocenters. The van der Waals surface area contributed by atoms with E-state index in [-0.39, 0.29) is 18.9 Å². The summed E-state index contributed by atoms with van der Waals surface area (Å²) in [5.74, 6) is -0.970. The number of aryl methyl sites for hydroxylation is 2. The van der Waals surface area contributed by atoms with Crippen LogP contribution in [0.4, 0.5) is 5.69 Å². The second-order valence-electron chi connectivity index (χ2n) is 5.48. The average Bonchev–Trinajstić information content (AvgIpc) is 2.98. The molecule has 1 amide bonds. The summed E-state index contributed by atoms with van der Waals surface area (Å²) in [5, 5.41) is 8.84. The van der Waals surface area contributed by atoms with Crippen LogP contribution in [0.3, 0.4) is 0 Å². The molecule has 0 unspecified atom stereocenters. The molecule has 0 radical (unpaired) electrons. The molecular formula is C18H17ClN2O3S. The second-order valence-corrected chi connectivity index (χ2v) is 7.19. The summed E-state index contributed by atoms with van der Waals surface area (Å²) >= 11 is 6.88. The van der Waals surface area contributed by atoms with E-state index in [1.54, 1.807) is 12.1 Å². The molecule has 2 aromatic rings. The van der Waals surface area contributed by atoms with E-state index in [0.29, 0.717) is 14.9 Å². The van der Waals surface area contributed by atoms with Gasteiger partial charge < -0.3 is 9.64 Å². The molecule has 0 bridgehead atoms. The van der Waals surface area contributed by atoms with Gasteiger partial charge in [0.25, 0.3) is 5.91 Å². The Kier molecular flexibility index (Phi) is 6.57. The summed E-state index contributed by atoms with van der Waals surface area (Å²) in [4.78, 5) is 26.3. The molecule has 0 aliphatic carbocycles. The van der Waals surface area contributed by atoms with Gasteiger partial charge in [-0.1, -0.05) is 17.7 Å². The zero-order valence-electron chi connectivity index (χ0n) is 13.9. The lowest BCUT2D eigenvalue weighted by molar-refractivity contribution is -0.121. The van der Waals surface area contributed by atoms with Crippen LogP contribution in [0.2, 0.25) is 4.34 Å². The molecule has 7 heteroatoms. The zero-order chi connectivity index (χ0) is 18.4. The van der Waals surface area contributed by atoms with E-state index in [0.717, 1.165) is 22.5 Å². The van der Waals surface area contributed by atoms with Gasteiger partial charge in [-0.05, 0) is 49.2 Å². The van der Waals surface area contributed by atoms with Crippen molar-refractivity contribution in [3.63, 3.8) is 0 Å². The molecule has 1 aromatic carbocycles. The van der Waals surface area contributed by atoms with Gasteiger partial charge in [-0.15, -0.1) is 11.3 Å². The van der Waals surface area contributed by atoms with Crippen LogP contribution in [0, 0.1) is 25.2 Å². The van der Waals surface area contributed by atoms with Gasteiger partial charge in [0.1, 0.15) is 4.88 Å². The lowest BCUT2D eigenvalue weighted by Crippen LogP contribution is -2.35. The van der Waals surface area contributed by atoms with Crippen molar-refractivity contribution in [1.82, 2.24) is 0 Å². The Morgan fingerprint density at radius 1 is 1.24 bits per heavy atom. The number of nitrogens with zero attached hydrogens (tertiary/aromatic N) is 2. The number of carbonyl (C=O) groups is 2. The van der Waals surface area contributed by atoms with Crippen molar-refractivity contribution in [2.45, 2.75) is 20.3 Å². The van der Waals surface area contributed by atoms with Crippen molar-refractivity contribution in [1.29, 1.82) is 5.26 Å². The molecule has 1 heterocycles. The quantitative estimate of drug-likeness (QED) is 0.711. The summed E-state index contributed by atoms with van der Waals surface area (Å²) in [7, 11) is 0. The summed E-state index contributed by atoms with van der Waals surface area (Å²) in [5.41, 5.74) is 2.71. The molecule has 2 rings (SSSR count). The first-order valence-electron chi connectivity index (χ1n) is 7.59. The number of anilines is 1. The van der Waals surface area contributed by atoms with E-state index in [9.17, 15) is 9.59 Å². The van der Waals surface area contributed by atoms with Crippen LogP contribution in [-0.4, -0.2) is 25.0 Å². The highest BCUT2D eigenvalue weighted by molar-refractivity contribution is 7.17. The number of thiophene rings is 1. The molecule has 5 nitrogen and oxygen atoms in total. The number of ether oxygens (including phenoxy) is 1. The van der Waals surface area contributed by atoms with E-state index < -0.39 is 12.6 Å². The number of rotatable bonds is 6. The molecule has 1 aromatic heterocycles. The first-order chi connectivity index (χ1) is 11.9. The lowest BCUT2D eigenvalue weighted by atomic mass is 10.1. The Labute approximate surface area is 155 Å². The molecule has 0 saturated heterocycles. The van der Waals surface area contributed by atoms with Crippen LogP contribution in [0.5, 0.6) is 0 Å². The third-order valence-electron chi connectivity index (χ3n) is 3.37. The standard InChI is InChI=1S/C18H17ClN2O3S/c1-12-8-13(2)10-14(9-12)21(7-3-6-20)17(22)11-24-18(23)15-4-5-16(19)25-15/h4-5,8-10H,3,7,11H2,1-2H3. The maximum absolute atomic E-state index is 12.5. The van der Waals surface area contributed by atoms with Crippen molar-refractivity contribution in [3.05, 3.63) is 50.7 Å². The fraction of sp³-hybridized carbons (Fsp3) is 0.278. The number of halogens is 1. The minimum atomic E-state index is -0.592. The number of hydrogen-bond acceptors (Lipinski definition) is 5. The molecule has 0 N–H and O–H groups in total. The Balaban J connectivity index is 2.10. The van der Waals surface area contributed by atoms with Crippen LogP contribution in [0.25, 0.3) is 0 Å². The van der Waals surface area contributed by atoms with Gasteiger partial charge >= 0.3 is 5.97 Å². The molecule has 0 aliphatic rings. The van der Waals surface area contributed by atoms with E-state index >= 15 is 0 Å². The number of hydrogen-bond donors (Lipinski definition) is 0. The molecule has 0 spiro atoms. The van der Waals surface area contributed by atoms with Gasteiger partial charge in [0, 0.05) is 12.2 Å². The zero-order valence-corrected chi connectivity index (χ0v) is 15.5. The highest BCUT2D eigenvalue weighted by atomic mass is 35.5. The number of amides is 1. The summed E-state index contributed by atoms with van der Waals surface area (Å²) in [6.45, 7) is 3.71. The summed E-state index contributed by atoms with van der Waals surface area (Å²) < 4.78 is 5.56. The second kappa shape index (κ2) is 8.65. The Hall–Kier alpha value is -2.36. The topological polar surface area (TPSA) is 70.4 Å². The van der Waals surface area contributed by atoms with Gasteiger partial charge in [-0.2, -0.15) is 5.26 Å². The van der Waals surface area contributed by atoms with E-state index in [1.807, 2.05) is 38.1 Å². The molecule has 0 saturated carbocycles. The largest absolute Gasteiger partial charge is 0.451 e. The fourth-order valence-corrected chi connectivity index (χ4v) is 3.30. The fourth-order valence-electron chi connectivity index (χ4n) is 2.37. The maximum atomic E-state index is 12.5. The molecule has 0 aliphatic heterocycles. The van der Waals surface area contributed by atoms with Gasteiger partial charge in [0.05, 0.1) is 16.8 Å². The number of nitriles is 1. The van der Waals surface area contributed by atoms with Crippen LogP contribution in [-0.2, 0) is 9.53 Å². The van der Waals surface area contributed by atoms with Gasteiger partial charge in [0.15, 0.2) is 6.61 Å². The summed E-state index contributed by atoms with van der Waals surface area (Å²) in [6.07, 6.45) is 0.188. The first kappa shape index (κ1) is 19.0. The SMILES string of the molecule is Cc1cc(C)cc(N(CCC#N)C(=O)COC(=O)c2ccc(Cl)s2)c1. The van der Waals surface area contributed by atoms with Gasteiger partial charge in [0.2, 0.25) is 0 Å². The third-order valence-corrected chi connectivity index (χ3v) is 4.58. The predicted molar refractivity (Wildman–Crippen MR) is 98.1 cm³/mol. The van der Waals surface area contributed by atoms with Gasteiger partial charge in [-0.3, -0.25) is 4.79 Å². The Morgan fingerprint density at radius 3 is 2.48 bits per heavy atom. The minimum Gasteiger partial charge on any atom is -0.451 e. The van der Waals surface area contributed by atoms with Crippen LogP contribution in [0.1, 0.15) is 27.2 Å². The van der Waals surface area contributed by atoms with Gasteiger partial charge in [-0.25, -0.2) is 4.79 Å². The molecule has 130 valence electrons. The maximum Gasteiger partial charge on any atom is 0.348 e. The normalized spacial score (nSPS) is 10.2. The smallest absolute Gasteiger partial charge is 0.348 e. The predicted octanol–water partition coefficient (Wildman–Crippen LogP) is 4.12. The number of carbonyl (C=O) groups excluding carboxylic acids is 2. The Bertz CT molecular complexity index is 806. The third kappa shape index (κ3) is 5.31. The molecule has 25 heavy (non-hydrogen) atoms. The summed E-state index contributed by atoms with van der Waals surface area (Å²) in [6, 6.07) is 10.9. The van der Waals surface area contributed by atoms with Crippen molar-refractivity contribution < 1.29 is 14.3 Å². The van der Waals surface area contributed by atoms with E-state index in [4.69, 9.17) is 21.6 Å². The van der Waals surface area contributed by atoms with Crippen molar-refractivity contribution in [2.75, 3.05) is 18.1 Å². The van der Waals surface area contributed by atoms with Crippen molar-refractivity contribution in [3.8, 4) is 6.07 Å². The Morgan fingerprint density at radius 2 is 1.92 bits per heavy atom. The van der Waals surface area contributed by atoms with E-state index in [2.05, 4.69) is 0 Å². The highest BCUT2D eigenvalue weighted by Crippen LogP contribution is 2.22. The minimum absolute atomic E-state index is 0.188. The number of esters is 1. The number of benzene rings is 1. The van der Waals surface area contributed by atoms with Crippen LogP contribution >= 0.6 is 22.9 Å². The highest BCUT2D eigenvalue weighted by Gasteiger charge is 2.19. The van der Waals surface area contributed by atoms with E-state index in [1.165, 1.54) is 4.90 Å². The van der Waals surface area contributed by atoms with Crippen molar-refractivity contribution in [2.24, 2.45) is 0 Å². The lowest BCUT2D eigenvalue weighted by Gasteiger charge is -2.22.